The fraction of sp³-hybridized carbons (Fsp3) is 0.222. The summed E-state index contributed by atoms with van der Waals surface area (Å²) in [6, 6.07) is 13.5. The Hall–Kier alpha value is -2.86. The van der Waals surface area contributed by atoms with Gasteiger partial charge in [0.15, 0.2) is 11.4 Å². The molecule has 0 saturated heterocycles. The van der Waals surface area contributed by atoms with E-state index in [2.05, 4.69) is 10.1 Å². The summed E-state index contributed by atoms with van der Waals surface area (Å²) in [5, 5.41) is 5.54. The predicted octanol–water partition coefficient (Wildman–Crippen LogP) is 3.26. The van der Waals surface area contributed by atoms with Crippen molar-refractivity contribution in [3.8, 4) is 17.3 Å². The van der Waals surface area contributed by atoms with Gasteiger partial charge >= 0.3 is 0 Å². The van der Waals surface area contributed by atoms with Gasteiger partial charge in [-0.25, -0.2) is 9.50 Å². The van der Waals surface area contributed by atoms with Crippen molar-refractivity contribution in [3.63, 3.8) is 0 Å². The summed E-state index contributed by atoms with van der Waals surface area (Å²) < 4.78 is 13.3. The number of rotatable bonds is 4. The number of aromatic nitrogens is 3. The van der Waals surface area contributed by atoms with Gasteiger partial charge < -0.3 is 14.9 Å². The van der Waals surface area contributed by atoms with Crippen molar-refractivity contribution in [1.82, 2.24) is 14.6 Å². The van der Waals surface area contributed by atoms with E-state index in [4.69, 9.17) is 14.9 Å². The lowest BCUT2D eigenvalue weighted by Crippen LogP contribution is -2.38. The topological polar surface area (TPSA) is 78.6 Å². The lowest BCUT2D eigenvalue weighted by molar-refractivity contribution is 0.232. The average Bonchev–Trinajstić information content (AvgIpc) is 3.15. The molecule has 4 aromatic rings. The minimum atomic E-state index is -0.423. The molecule has 0 aliphatic carbocycles. The van der Waals surface area contributed by atoms with Crippen LogP contribution in [0.2, 0.25) is 0 Å². The Labute approximate surface area is 138 Å². The van der Waals surface area contributed by atoms with Gasteiger partial charge in [0, 0.05) is 17.0 Å². The summed E-state index contributed by atoms with van der Waals surface area (Å²) in [4.78, 5) is 4.38. The number of nitrogens with two attached hydrogens (primary N) is 1. The SMILES string of the molecule is CC(C)(N)COc1ccc2ncc(-c3cc4ccccc4o3)n2n1. The molecule has 0 fully saturated rings. The second-order valence-electron chi connectivity index (χ2n) is 6.51. The Morgan fingerprint density at radius 3 is 2.83 bits per heavy atom. The molecule has 6 nitrogen and oxygen atoms in total. The van der Waals surface area contributed by atoms with Crippen LogP contribution in [0.4, 0.5) is 0 Å². The molecular formula is C18H18N4O2. The Balaban J connectivity index is 1.75. The molecule has 0 spiro atoms. The molecule has 0 bridgehead atoms. The first-order valence-electron chi connectivity index (χ1n) is 7.75. The van der Waals surface area contributed by atoms with Crippen LogP contribution in [0, 0.1) is 0 Å². The smallest absolute Gasteiger partial charge is 0.231 e. The van der Waals surface area contributed by atoms with Crippen LogP contribution in [0.15, 0.2) is 53.1 Å². The van der Waals surface area contributed by atoms with Gasteiger partial charge in [-0.3, -0.25) is 0 Å². The number of imidazole rings is 1. The zero-order chi connectivity index (χ0) is 16.7. The first kappa shape index (κ1) is 14.7. The molecule has 3 aromatic heterocycles. The maximum atomic E-state index is 5.95. The molecule has 0 unspecified atom stereocenters. The van der Waals surface area contributed by atoms with Crippen LogP contribution in [-0.2, 0) is 0 Å². The summed E-state index contributed by atoms with van der Waals surface area (Å²) in [7, 11) is 0. The maximum absolute atomic E-state index is 5.95. The third-order valence-corrected chi connectivity index (χ3v) is 3.61. The lowest BCUT2D eigenvalue weighted by atomic mass is 10.1. The first-order chi connectivity index (χ1) is 11.5. The van der Waals surface area contributed by atoms with Crippen molar-refractivity contribution in [1.29, 1.82) is 0 Å². The third kappa shape index (κ3) is 2.72. The highest BCUT2D eigenvalue weighted by molar-refractivity contribution is 5.82. The fourth-order valence-electron chi connectivity index (χ4n) is 2.47. The monoisotopic (exact) mass is 322 g/mol. The van der Waals surface area contributed by atoms with Gasteiger partial charge in [-0.05, 0) is 32.0 Å². The molecule has 122 valence electrons. The van der Waals surface area contributed by atoms with E-state index in [9.17, 15) is 0 Å². The first-order valence-corrected chi connectivity index (χ1v) is 7.75. The van der Waals surface area contributed by atoms with E-state index in [0.29, 0.717) is 18.2 Å². The number of fused-ring (bicyclic) bond motifs is 2. The van der Waals surface area contributed by atoms with E-state index in [1.807, 2.05) is 50.2 Å². The van der Waals surface area contributed by atoms with Gasteiger partial charge in [0.1, 0.15) is 17.9 Å². The van der Waals surface area contributed by atoms with Gasteiger partial charge in [-0.2, -0.15) is 0 Å². The number of hydrogen-bond donors (Lipinski definition) is 1. The minimum absolute atomic E-state index is 0.375. The van der Waals surface area contributed by atoms with Crippen molar-refractivity contribution in [2.45, 2.75) is 19.4 Å². The van der Waals surface area contributed by atoms with E-state index >= 15 is 0 Å². The van der Waals surface area contributed by atoms with Gasteiger partial charge in [0.25, 0.3) is 0 Å². The highest BCUT2D eigenvalue weighted by atomic mass is 16.5. The standard InChI is InChI=1S/C18H18N4O2/c1-18(2,19)11-23-17-8-7-16-20-10-13(22(16)21-17)15-9-12-5-3-4-6-14(12)24-15/h3-10H,11,19H2,1-2H3. The van der Waals surface area contributed by atoms with Crippen molar-refractivity contribution < 1.29 is 9.15 Å². The lowest BCUT2D eigenvalue weighted by Gasteiger charge is -2.18. The molecule has 0 amide bonds. The summed E-state index contributed by atoms with van der Waals surface area (Å²) in [5.41, 5.74) is 7.87. The molecule has 0 atom stereocenters. The van der Waals surface area contributed by atoms with Crippen LogP contribution in [-0.4, -0.2) is 26.7 Å². The van der Waals surface area contributed by atoms with Gasteiger partial charge in [-0.1, -0.05) is 18.2 Å². The summed E-state index contributed by atoms with van der Waals surface area (Å²) in [6.45, 7) is 4.19. The third-order valence-electron chi connectivity index (χ3n) is 3.61. The van der Waals surface area contributed by atoms with Crippen LogP contribution < -0.4 is 10.5 Å². The average molecular weight is 322 g/mol. The Morgan fingerprint density at radius 2 is 2.04 bits per heavy atom. The second-order valence-corrected chi connectivity index (χ2v) is 6.51. The minimum Gasteiger partial charge on any atom is -0.475 e. The molecule has 24 heavy (non-hydrogen) atoms. The van der Waals surface area contributed by atoms with Gasteiger partial charge in [0.05, 0.1) is 6.20 Å². The van der Waals surface area contributed by atoms with Crippen LogP contribution >= 0.6 is 0 Å². The molecule has 0 aliphatic heterocycles. The molecular weight excluding hydrogens is 304 g/mol. The number of hydrogen-bond acceptors (Lipinski definition) is 5. The van der Waals surface area contributed by atoms with Gasteiger partial charge in [-0.15, -0.1) is 5.10 Å². The van der Waals surface area contributed by atoms with E-state index in [-0.39, 0.29) is 0 Å². The Bertz CT molecular complexity index is 978. The Morgan fingerprint density at radius 1 is 1.21 bits per heavy atom. The van der Waals surface area contributed by atoms with Crippen LogP contribution in [0.25, 0.3) is 28.1 Å². The molecule has 0 radical (unpaired) electrons. The van der Waals surface area contributed by atoms with Crippen molar-refractivity contribution in [3.05, 3.63) is 48.7 Å². The normalized spacial score (nSPS) is 12.1. The van der Waals surface area contributed by atoms with Crippen LogP contribution in [0.1, 0.15) is 13.8 Å². The Kier molecular flexibility index (Phi) is 3.28. The molecule has 0 saturated carbocycles. The summed E-state index contributed by atoms with van der Waals surface area (Å²) in [6.07, 6.45) is 1.75. The van der Waals surface area contributed by atoms with Crippen LogP contribution in [0.3, 0.4) is 0 Å². The predicted molar refractivity (Wildman–Crippen MR) is 92.0 cm³/mol. The highest BCUT2D eigenvalue weighted by Crippen LogP contribution is 2.28. The molecule has 1 aromatic carbocycles. The number of nitrogens with zero attached hydrogens (tertiary/aromatic N) is 3. The molecule has 3 heterocycles. The van der Waals surface area contributed by atoms with E-state index in [1.165, 1.54) is 0 Å². The summed E-state index contributed by atoms with van der Waals surface area (Å²) >= 11 is 0. The van der Waals surface area contributed by atoms with Crippen molar-refractivity contribution in [2.75, 3.05) is 6.61 Å². The van der Waals surface area contributed by atoms with Crippen LogP contribution in [0.5, 0.6) is 5.88 Å². The molecule has 4 rings (SSSR count). The fourth-order valence-corrected chi connectivity index (χ4v) is 2.47. The van der Waals surface area contributed by atoms with E-state index < -0.39 is 5.54 Å². The number of benzene rings is 1. The molecule has 0 aliphatic rings. The summed E-state index contributed by atoms with van der Waals surface area (Å²) in [5.74, 6) is 1.21. The highest BCUT2D eigenvalue weighted by Gasteiger charge is 2.15. The largest absolute Gasteiger partial charge is 0.475 e. The second kappa shape index (κ2) is 5.35. The number of ether oxygens (including phenoxy) is 1. The quantitative estimate of drug-likeness (QED) is 0.624. The molecule has 2 N–H and O–H groups in total. The zero-order valence-corrected chi connectivity index (χ0v) is 13.6. The number of furan rings is 1. The number of para-hydroxylation sites is 1. The van der Waals surface area contributed by atoms with Gasteiger partial charge in [0.2, 0.25) is 5.88 Å². The van der Waals surface area contributed by atoms with Crippen molar-refractivity contribution in [2.24, 2.45) is 5.73 Å². The van der Waals surface area contributed by atoms with E-state index in [0.717, 1.165) is 22.3 Å². The maximum Gasteiger partial charge on any atom is 0.231 e. The zero-order valence-electron chi connectivity index (χ0n) is 13.6. The van der Waals surface area contributed by atoms with Crippen molar-refractivity contribution >= 4 is 16.6 Å². The van der Waals surface area contributed by atoms with E-state index in [1.54, 1.807) is 16.8 Å². The molecule has 6 heteroatoms.